The van der Waals surface area contributed by atoms with E-state index in [9.17, 15) is 13.2 Å². The molecule has 1 atom stereocenters. The fourth-order valence-corrected chi connectivity index (χ4v) is 3.67. The number of nitrogens with one attached hydrogen (secondary N) is 1. The van der Waals surface area contributed by atoms with Crippen molar-refractivity contribution < 1.29 is 13.2 Å². The number of unbranched alkanes of at least 4 members (excludes halogenated alkanes) is 1. The number of sulfone groups is 1. The summed E-state index contributed by atoms with van der Waals surface area (Å²) in [4.78, 5) is 12.1. The second-order valence-corrected chi connectivity index (χ2v) is 7.07. The molecule has 1 aliphatic rings. The summed E-state index contributed by atoms with van der Waals surface area (Å²) in [5, 5.41) is 2.75. The number of nitrogens with two attached hydrogens (primary N) is 1. The first kappa shape index (κ1) is 14.4. The van der Waals surface area contributed by atoms with Crippen LogP contribution in [0.15, 0.2) is 0 Å². The molecule has 1 rings (SSSR count). The minimum Gasteiger partial charge on any atom is -0.393 e. The van der Waals surface area contributed by atoms with E-state index >= 15 is 0 Å². The molecule has 0 spiro atoms. The van der Waals surface area contributed by atoms with Crippen LogP contribution in [0.5, 0.6) is 0 Å². The average molecular weight is 278 g/mol. The topological polar surface area (TPSA) is 89.3 Å². The van der Waals surface area contributed by atoms with Crippen molar-refractivity contribution in [3.05, 3.63) is 0 Å². The number of hydrogen-bond acceptors (Lipinski definition) is 4. The van der Waals surface area contributed by atoms with Gasteiger partial charge in [0.1, 0.15) is 0 Å². The van der Waals surface area contributed by atoms with Gasteiger partial charge in [-0.1, -0.05) is 12.2 Å². The molecule has 0 bridgehead atoms. The lowest BCUT2D eigenvalue weighted by molar-refractivity contribution is -0.124. The van der Waals surface area contributed by atoms with E-state index in [-0.39, 0.29) is 23.3 Å². The van der Waals surface area contributed by atoms with Crippen molar-refractivity contribution in [2.24, 2.45) is 11.7 Å². The molecule has 1 aliphatic heterocycles. The van der Waals surface area contributed by atoms with Gasteiger partial charge in [-0.05, 0) is 25.7 Å². The summed E-state index contributed by atoms with van der Waals surface area (Å²) in [5.74, 6) is -0.393. The predicted octanol–water partition coefficient (Wildman–Crippen LogP) is -0.00630. The highest BCUT2D eigenvalue weighted by molar-refractivity contribution is 7.91. The Hall–Kier alpha value is -0.690. The van der Waals surface area contributed by atoms with Crippen LogP contribution in [0.2, 0.25) is 0 Å². The van der Waals surface area contributed by atoms with E-state index < -0.39 is 9.84 Å². The number of thiocarbonyl (C=S) groups is 1. The van der Waals surface area contributed by atoms with E-state index in [4.69, 9.17) is 18.0 Å². The molecule has 0 aromatic carbocycles. The smallest absolute Gasteiger partial charge is 0.224 e. The van der Waals surface area contributed by atoms with Crippen molar-refractivity contribution in [2.45, 2.75) is 25.7 Å². The molecule has 17 heavy (non-hydrogen) atoms. The van der Waals surface area contributed by atoms with Crippen LogP contribution in [0, 0.1) is 5.92 Å². The van der Waals surface area contributed by atoms with Gasteiger partial charge < -0.3 is 11.1 Å². The monoisotopic (exact) mass is 278 g/mol. The fraction of sp³-hybridized carbons (Fsp3) is 0.800. The zero-order valence-corrected chi connectivity index (χ0v) is 11.3. The van der Waals surface area contributed by atoms with Crippen molar-refractivity contribution >= 4 is 33.0 Å². The van der Waals surface area contributed by atoms with E-state index in [2.05, 4.69) is 5.32 Å². The molecule has 7 heteroatoms. The van der Waals surface area contributed by atoms with Gasteiger partial charge in [-0.3, -0.25) is 4.79 Å². The van der Waals surface area contributed by atoms with E-state index in [1.54, 1.807) is 0 Å². The second-order valence-electron chi connectivity index (χ2n) is 4.31. The van der Waals surface area contributed by atoms with Crippen LogP contribution in [0.1, 0.15) is 25.7 Å². The molecule has 3 N–H and O–H groups in total. The van der Waals surface area contributed by atoms with Crippen LogP contribution in [0.25, 0.3) is 0 Å². The predicted molar refractivity (Wildman–Crippen MR) is 70.4 cm³/mol. The first-order chi connectivity index (χ1) is 7.91. The summed E-state index contributed by atoms with van der Waals surface area (Å²) < 4.78 is 22.4. The van der Waals surface area contributed by atoms with Crippen molar-refractivity contribution in [1.29, 1.82) is 0 Å². The second kappa shape index (κ2) is 6.30. The number of carbonyl (C=O) groups excluding carboxylic acids is 1. The van der Waals surface area contributed by atoms with Gasteiger partial charge in [0.15, 0.2) is 9.84 Å². The van der Waals surface area contributed by atoms with Crippen LogP contribution < -0.4 is 11.1 Å². The number of carbonyl (C=O) groups is 1. The van der Waals surface area contributed by atoms with Gasteiger partial charge in [0, 0.05) is 6.54 Å². The maximum Gasteiger partial charge on any atom is 0.224 e. The van der Waals surface area contributed by atoms with Gasteiger partial charge in [-0.25, -0.2) is 8.42 Å². The van der Waals surface area contributed by atoms with Gasteiger partial charge in [0.25, 0.3) is 0 Å². The molecule has 0 saturated carbocycles. The van der Waals surface area contributed by atoms with Crippen molar-refractivity contribution in [3.8, 4) is 0 Å². The van der Waals surface area contributed by atoms with E-state index in [1.807, 2.05) is 0 Å². The van der Waals surface area contributed by atoms with Crippen LogP contribution in [0.3, 0.4) is 0 Å². The van der Waals surface area contributed by atoms with Crippen molar-refractivity contribution in [3.63, 3.8) is 0 Å². The highest BCUT2D eigenvalue weighted by Gasteiger charge is 2.32. The molecule has 0 radical (unpaired) electrons. The SMILES string of the molecule is NC(=S)CCCCNC(=O)C1CCS(=O)(=O)C1. The maximum atomic E-state index is 11.6. The minimum absolute atomic E-state index is 0.00822. The van der Waals surface area contributed by atoms with Crippen molar-refractivity contribution in [2.75, 3.05) is 18.1 Å². The summed E-state index contributed by atoms with van der Waals surface area (Å²) in [6.07, 6.45) is 2.78. The van der Waals surface area contributed by atoms with Crippen LogP contribution in [-0.4, -0.2) is 37.4 Å². The third-order valence-electron chi connectivity index (χ3n) is 2.75. The Kier molecular flexibility index (Phi) is 5.32. The van der Waals surface area contributed by atoms with E-state index in [0.717, 1.165) is 12.8 Å². The summed E-state index contributed by atoms with van der Waals surface area (Å²) in [5.41, 5.74) is 5.34. The van der Waals surface area contributed by atoms with Gasteiger partial charge in [0.2, 0.25) is 5.91 Å². The molecule has 1 unspecified atom stereocenters. The number of hydrogen-bond donors (Lipinski definition) is 2. The molecule has 1 fully saturated rings. The molecule has 0 aromatic rings. The maximum absolute atomic E-state index is 11.6. The first-order valence-corrected chi connectivity index (χ1v) is 7.90. The Morgan fingerprint density at radius 2 is 2.12 bits per heavy atom. The molecule has 5 nitrogen and oxygen atoms in total. The fourth-order valence-electron chi connectivity index (χ4n) is 1.78. The third kappa shape index (κ3) is 5.45. The zero-order chi connectivity index (χ0) is 12.9. The lowest BCUT2D eigenvalue weighted by Crippen LogP contribution is -2.32. The zero-order valence-electron chi connectivity index (χ0n) is 9.65. The summed E-state index contributed by atoms with van der Waals surface area (Å²) in [6.45, 7) is 0.554. The third-order valence-corrected chi connectivity index (χ3v) is 4.72. The molecule has 98 valence electrons. The molecule has 0 aromatic heterocycles. The molecule has 1 heterocycles. The average Bonchev–Trinajstić information content (AvgIpc) is 2.57. The van der Waals surface area contributed by atoms with Gasteiger partial charge >= 0.3 is 0 Å². The normalized spacial score (nSPS) is 22.2. The van der Waals surface area contributed by atoms with Crippen LogP contribution in [-0.2, 0) is 14.6 Å². The Labute approximate surface area is 107 Å². The lowest BCUT2D eigenvalue weighted by Gasteiger charge is -2.08. The quantitative estimate of drug-likeness (QED) is 0.527. The molecule has 1 saturated heterocycles. The molecule has 0 aliphatic carbocycles. The number of amides is 1. The van der Waals surface area contributed by atoms with Gasteiger partial charge in [0.05, 0.1) is 22.4 Å². The van der Waals surface area contributed by atoms with Crippen molar-refractivity contribution in [1.82, 2.24) is 5.32 Å². The molecular formula is C10H18N2O3S2. The van der Waals surface area contributed by atoms with Gasteiger partial charge in [-0.15, -0.1) is 0 Å². The Bertz CT molecular complexity index is 392. The van der Waals surface area contributed by atoms with E-state index in [0.29, 0.717) is 24.4 Å². The minimum atomic E-state index is -2.98. The molecule has 1 amide bonds. The lowest BCUT2D eigenvalue weighted by atomic mass is 10.1. The van der Waals surface area contributed by atoms with Gasteiger partial charge in [-0.2, -0.15) is 0 Å². The summed E-state index contributed by atoms with van der Waals surface area (Å²) >= 11 is 4.73. The van der Waals surface area contributed by atoms with Crippen LogP contribution in [0.4, 0.5) is 0 Å². The largest absolute Gasteiger partial charge is 0.393 e. The summed E-state index contributed by atoms with van der Waals surface area (Å²) in [7, 11) is -2.98. The first-order valence-electron chi connectivity index (χ1n) is 5.67. The highest BCUT2D eigenvalue weighted by Crippen LogP contribution is 2.18. The highest BCUT2D eigenvalue weighted by atomic mass is 32.2. The summed E-state index contributed by atoms with van der Waals surface area (Å²) in [6, 6.07) is 0. The molecular weight excluding hydrogens is 260 g/mol. The number of rotatable bonds is 6. The van der Waals surface area contributed by atoms with Crippen LogP contribution >= 0.6 is 12.2 Å². The standard InChI is InChI=1S/C10H18N2O3S2/c11-9(16)3-1-2-5-12-10(13)8-4-6-17(14,15)7-8/h8H,1-7H2,(H2,11,16)(H,12,13). The Balaban J connectivity index is 2.16. The van der Waals surface area contributed by atoms with E-state index in [1.165, 1.54) is 0 Å². The Morgan fingerprint density at radius 1 is 1.41 bits per heavy atom. The Morgan fingerprint density at radius 3 is 2.65 bits per heavy atom.